The monoisotopic (exact) mass is 309 g/mol. The lowest BCUT2D eigenvalue weighted by Gasteiger charge is -2.04. The predicted octanol–water partition coefficient (Wildman–Crippen LogP) is 2.92. The van der Waals surface area contributed by atoms with Gasteiger partial charge in [0.25, 0.3) is 0 Å². The van der Waals surface area contributed by atoms with Gasteiger partial charge in [0, 0.05) is 4.47 Å². The van der Waals surface area contributed by atoms with Crippen molar-refractivity contribution in [2.24, 2.45) is 0 Å². The van der Waals surface area contributed by atoms with Gasteiger partial charge in [-0.05, 0) is 34.1 Å². The molecule has 70 valence electrons. The van der Waals surface area contributed by atoms with Crippen molar-refractivity contribution in [3.05, 3.63) is 28.5 Å². The molecule has 0 unspecified atom stereocenters. The van der Waals surface area contributed by atoms with Crippen LogP contribution >= 0.6 is 31.9 Å². The fourth-order valence-corrected chi connectivity index (χ4v) is 1.26. The highest BCUT2D eigenvalue weighted by Gasteiger charge is 2.04. The topological polar surface area (TPSA) is 29.1 Å². The molecule has 13 heavy (non-hydrogen) atoms. The summed E-state index contributed by atoms with van der Waals surface area (Å²) >= 11 is 6.19. The van der Waals surface area contributed by atoms with Gasteiger partial charge in [0.15, 0.2) is 0 Å². The largest absolute Gasteiger partial charge is 0.324 e. The second kappa shape index (κ2) is 4.72. The molecular formula is C8H6Br2FNO. The summed E-state index contributed by atoms with van der Waals surface area (Å²) in [4.78, 5) is 10.9. The van der Waals surface area contributed by atoms with Crippen molar-refractivity contribution in [2.75, 3.05) is 10.6 Å². The second-order valence-electron chi connectivity index (χ2n) is 2.31. The number of rotatable bonds is 2. The van der Waals surface area contributed by atoms with Crippen molar-refractivity contribution in [3.8, 4) is 0 Å². The predicted molar refractivity (Wildman–Crippen MR) is 56.5 cm³/mol. The molecule has 0 heterocycles. The van der Waals surface area contributed by atoms with E-state index in [0.717, 1.165) is 0 Å². The molecule has 5 heteroatoms. The van der Waals surface area contributed by atoms with Gasteiger partial charge < -0.3 is 5.32 Å². The molecule has 2 nitrogen and oxygen atoms in total. The van der Waals surface area contributed by atoms with Crippen molar-refractivity contribution in [1.29, 1.82) is 0 Å². The molecule has 0 bridgehead atoms. The fraction of sp³-hybridized carbons (Fsp3) is 0.125. The Hall–Kier alpha value is -0.420. The maximum atomic E-state index is 12.7. The number of benzene rings is 1. The highest BCUT2D eigenvalue weighted by molar-refractivity contribution is 9.10. The van der Waals surface area contributed by atoms with Crippen LogP contribution in [0.4, 0.5) is 10.1 Å². The van der Waals surface area contributed by atoms with Gasteiger partial charge in [-0.2, -0.15) is 0 Å². The van der Waals surface area contributed by atoms with E-state index in [4.69, 9.17) is 0 Å². The van der Waals surface area contributed by atoms with Crippen molar-refractivity contribution in [3.63, 3.8) is 0 Å². The molecule has 0 atom stereocenters. The van der Waals surface area contributed by atoms with Crippen LogP contribution in [0.1, 0.15) is 0 Å². The fourth-order valence-electron chi connectivity index (χ4n) is 0.777. The van der Waals surface area contributed by atoms with Crippen LogP contribution in [-0.4, -0.2) is 11.2 Å². The molecule has 0 aliphatic rings. The molecule has 1 rings (SSSR count). The third kappa shape index (κ3) is 3.08. The lowest BCUT2D eigenvalue weighted by Crippen LogP contribution is -2.12. The van der Waals surface area contributed by atoms with Crippen LogP contribution in [0.2, 0.25) is 0 Å². The number of nitrogens with one attached hydrogen (secondary N) is 1. The Morgan fingerprint density at radius 3 is 2.85 bits per heavy atom. The first-order valence-electron chi connectivity index (χ1n) is 3.44. The van der Waals surface area contributed by atoms with Crippen LogP contribution < -0.4 is 5.32 Å². The van der Waals surface area contributed by atoms with E-state index in [0.29, 0.717) is 10.2 Å². The van der Waals surface area contributed by atoms with Crippen LogP contribution in [0, 0.1) is 5.82 Å². The van der Waals surface area contributed by atoms with E-state index in [2.05, 4.69) is 37.2 Å². The minimum atomic E-state index is -0.381. The first-order chi connectivity index (χ1) is 6.13. The van der Waals surface area contributed by atoms with E-state index in [1.165, 1.54) is 12.1 Å². The Balaban J connectivity index is 2.87. The Morgan fingerprint density at radius 2 is 2.23 bits per heavy atom. The first-order valence-corrected chi connectivity index (χ1v) is 5.36. The van der Waals surface area contributed by atoms with Gasteiger partial charge in [0.1, 0.15) is 5.82 Å². The van der Waals surface area contributed by atoms with E-state index in [1.807, 2.05) is 0 Å². The van der Waals surface area contributed by atoms with E-state index in [-0.39, 0.29) is 17.1 Å². The number of anilines is 1. The van der Waals surface area contributed by atoms with E-state index >= 15 is 0 Å². The zero-order valence-electron chi connectivity index (χ0n) is 6.48. The maximum absolute atomic E-state index is 12.7. The van der Waals surface area contributed by atoms with Gasteiger partial charge in [-0.15, -0.1) is 0 Å². The summed E-state index contributed by atoms with van der Waals surface area (Å²) in [5, 5.41) is 2.72. The lowest BCUT2D eigenvalue weighted by atomic mass is 10.3. The van der Waals surface area contributed by atoms with Gasteiger partial charge in [0.2, 0.25) is 5.91 Å². The van der Waals surface area contributed by atoms with Gasteiger partial charge in [-0.3, -0.25) is 4.79 Å². The minimum Gasteiger partial charge on any atom is -0.324 e. The minimum absolute atomic E-state index is 0.190. The number of halogens is 3. The Kier molecular flexibility index (Phi) is 3.87. The summed E-state index contributed by atoms with van der Waals surface area (Å²) in [5.74, 6) is -0.598. The summed E-state index contributed by atoms with van der Waals surface area (Å²) in [6.07, 6.45) is 0. The summed E-state index contributed by atoms with van der Waals surface area (Å²) in [6, 6.07) is 4.11. The molecule has 0 fully saturated rings. The van der Waals surface area contributed by atoms with Gasteiger partial charge in [-0.25, -0.2) is 4.39 Å². The molecule has 0 aliphatic carbocycles. The van der Waals surface area contributed by atoms with Crippen LogP contribution in [-0.2, 0) is 4.79 Å². The van der Waals surface area contributed by atoms with Gasteiger partial charge >= 0.3 is 0 Å². The van der Waals surface area contributed by atoms with Crippen molar-refractivity contribution < 1.29 is 9.18 Å². The Bertz CT molecular complexity index is 330. The molecule has 0 saturated carbocycles. The zero-order chi connectivity index (χ0) is 9.84. The van der Waals surface area contributed by atoms with Crippen molar-refractivity contribution >= 4 is 43.5 Å². The van der Waals surface area contributed by atoms with Crippen LogP contribution in [0.25, 0.3) is 0 Å². The highest BCUT2D eigenvalue weighted by atomic mass is 79.9. The van der Waals surface area contributed by atoms with Crippen LogP contribution in [0.5, 0.6) is 0 Å². The molecule has 0 saturated heterocycles. The van der Waals surface area contributed by atoms with Crippen molar-refractivity contribution in [2.45, 2.75) is 0 Å². The second-order valence-corrected chi connectivity index (χ2v) is 3.72. The quantitative estimate of drug-likeness (QED) is 0.836. The molecule has 1 aromatic rings. The number of hydrogen-bond acceptors (Lipinski definition) is 1. The number of carbonyl (C=O) groups is 1. The summed E-state index contributed by atoms with van der Waals surface area (Å²) in [5.41, 5.74) is 0.435. The van der Waals surface area contributed by atoms with E-state index in [1.54, 1.807) is 6.07 Å². The SMILES string of the molecule is O=C(CBr)Nc1cc(F)ccc1Br. The molecule has 1 N–H and O–H groups in total. The zero-order valence-corrected chi connectivity index (χ0v) is 9.65. The van der Waals surface area contributed by atoms with Gasteiger partial charge in [-0.1, -0.05) is 15.9 Å². The third-order valence-electron chi connectivity index (χ3n) is 1.32. The van der Waals surface area contributed by atoms with Crippen molar-refractivity contribution in [1.82, 2.24) is 0 Å². The molecular weight excluding hydrogens is 305 g/mol. The normalized spacial score (nSPS) is 9.77. The lowest BCUT2D eigenvalue weighted by molar-refractivity contribution is -0.113. The number of carbonyl (C=O) groups excluding carboxylic acids is 1. The summed E-state index contributed by atoms with van der Waals surface area (Å²) < 4.78 is 13.4. The van der Waals surface area contributed by atoms with Gasteiger partial charge in [0.05, 0.1) is 11.0 Å². The first kappa shape index (κ1) is 10.7. The molecule has 0 aromatic heterocycles. The average molecular weight is 311 g/mol. The molecule has 0 spiro atoms. The molecule has 1 aromatic carbocycles. The van der Waals surface area contributed by atoms with E-state index < -0.39 is 0 Å². The van der Waals surface area contributed by atoms with Crippen LogP contribution in [0.3, 0.4) is 0 Å². The standard InChI is InChI=1S/C8H6Br2FNO/c9-4-8(13)12-7-3-5(11)1-2-6(7)10/h1-3H,4H2,(H,12,13). The summed E-state index contributed by atoms with van der Waals surface area (Å²) in [7, 11) is 0. The smallest absolute Gasteiger partial charge is 0.235 e. The third-order valence-corrected chi connectivity index (χ3v) is 2.52. The molecule has 1 amide bonds. The molecule has 0 aliphatic heterocycles. The highest BCUT2D eigenvalue weighted by Crippen LogP contribution is 2.22. The van der Waals surface area contributed by atoms with Crippen LogP contribution in [0.15, 0.2) is 22.7 Å². The molecule has 0 radical (unpaired) electrons. The average Bonchev–Trinajstić information content (AvgIpc) is 2.11. The number of amides is 1. The Labute approximate surface area is 91.8 Å². The maximum Gasteiger partial charge on any atom is 0.235 e. The number of alkyl halides is 1. The number of hydrogen-bond donors (Lipinski definition) is 1. The van der Waals surface area contributed by atoms with E-state index in [9.17, 15) is 9.18 Å². The Morgan fingerprint density at radius 1 is 1.54 bits per heavy atom. The summed E-state index contributed by atoms with van der Waals surface area (Å²) in [6.45, 7) is 0.